The van der Waals surface area contributed by atoms with Gasteiger partial charge in [0.15, 0.2) is 0 Å². The molecule has 0 radical (unpaired) electrons. The summed E-state index contributed by atoms with van der Waals surface area (Å²) in [6, 6.07) is 8.36. The molecular formula is C13H14N4S. The molecule has 2 heterocycles. The second-order valence-electron chi connectivity index (χ2n) is 4.18. The molecule has 0 unspecified atom stereocenters. The van der Waals surface area contributed by atoms with Crippen LogP contribution >= 0.6 is 11.3 Å². The number of aryl methyl sites for hydroxylation is 1. The highest BCUT2D eigenvalue weighted by Gasteiger charge is 2.11. The smallest absolute Gasteiger partial charge is 0.108 e. The SMILES string of the molecule is Cn1cc(-c2csc(CNN)n2)c2ccccc21. The lowest BCUT2D eigenvalue weighted by atomic mass is 10.1. The van der Waals surface area contributed by atoms with Crippen molar-refractivity contribution in [3.8, 4) is 11.3 Å². The van der Waals surface area contributed by atoms with E-state index in [1.54, 1.807) is 11.3 Å². The first-order valence-electron chi connectivity index (χ1n) is 5.72. The quantitative estimate of drug-likeness (QED) is 0.559. The van der Waals surface area contributed by atoms with Gasteiger partial charge in [0.1, 0.15) is 5.01 Å². The Bertz CT molecular complexity index is 683. The van der Waals surface area contributed by atoms with E-state index in [4.69, 9.17) is 5.84 Å². The fourth-order valence-electron chi connectivity index (χ4n) is 2.15. The Morgan fingerprint density at radius 2 is 2.22 bits per heavy atom. The van der Waals surface area contributed by atoms with Gasteiger partial charge in [0.2, 0.25) is 0 Å². The number of hydrogen-bond donors (Lipinski definition) is 2. The van der Waals surface area contributed by atoms with Crippen LogP contribution in [0.3, 0.4) is 0 Å². The van der Waals surface area contributed by atoms with Crippen LogP contribution in [0.15, 0.2) is 35.8 Å². The molecule has 0 aliphatic carbocycles. The highest BCUT2D eigenvalue weighted by Crippen LogP contribution is 2.30. The Morgan fingerprint density at radius 1 is 1.39 bits per heavy atom. The van der Waals surface area contributed by atoms with E-state index in [0.29, 0.717) is 6.54 Å². The zero-order valence-corrected chi connectivity index (χ0v) is 10.9. The maximum atomic E-state index is 5.32. The molecule has 0 bridgehead atoms. The molecule has 3 rings (SSSR count). The molecule has 0 aliphatic rings. The van der Waals surface area contributed by atoms with Gasteiger partial charge >= 0.3 is 0 Å². The molecule has 4 nitrogen and oxygen atoms in total. The molecule has 5 heteroatoms. The van der Waals surface area contributed by atoms with Crippen molar-refractivity contribution in [1.82, 2.24) is 15.0 Å². The number of fused-ring (bicyclic) bond motifs is 1. The molecule has 0 fully saturated rings. The van der Waals surface area contributed by atoms with Crippen molar-refractivity contribution in [1.29, 1.82) is 0 Å². The molecule has 0 saturated carbocycles. The maximum absolute atomic E-state index is 5.32. The van der Waals surface area contributed by atoms with E-state index in [1.165, 1.54) is 16.5 Å². The number of para-hydroxylation sites is 1. The number of thiazole rings is 1. The summed E-state index contributed by atoms with van der Waals surface area (Å²) in [7, 11) is 2.06. The molecule has 0 saturated heterocycles. The van der Waals surface area contributed by atoms with Gasteiger partial charge in [-0.25, -0.2) is 4.98 Å². The van der Waals surface area contributed by atoms with Gasteiger partial charge < -0.3 is 4.57 Å². The Kier molecular flexibility index (Phi) is 2.87. The number of rotatable bonds is 3. The fourth-order valence-corrected chi connectivity index (χ4v) is 2.89. The number of nitrogens with two attached hydrogens (primary N) is 1. The molecule has 1 aromatic carbocycles. The first-order chi connectivity index (χ1) is 8.79. The lowest BCUT2D eigenvalue weighted by Crippen LogP contribution is -2.20. The summed E-state index contributed by atoms with van der Waals surface area (Å²) < 4.78 is 2.13. The fraction of sp³-hybridized carbons (Fsp3) is 0.154. The number of aromatic nitrogens is 2. The summed E-state index contributed by atoms with van der Waals surface area (Å²) in [4.78, 5) is 4.60. The predicted octanol–water partition coefficient (Wildman–Crippen LogP) is 2.27. The van der Waals surface area contributed by atoms with E-state index in [-0.39, 0.29) is 0 Å². The lowest BCUT2D eigenvalue weighted by Gasteiger charge is -1.94. The van der Waals surface area contributed by atoms with Crippen LogP contribution in [0.4, 0.5) is 0 Å². The third-order valence-corrected chi connectivity index (χ3v) is 3.83. The molecule has 0 amide bonds. The number of benzene rings is 1. The molecule has 0 spiro atoms. The minimum atomic E-state index is 0.607. The van der Waals surface area contributed by atoms with E-state index in [1.807, 2.05) is 0 Å². The van der Waals surface area contributed by atoms with Crippen molar-refractivity contribution >= 4 is 22.2 Å². The second-order valence-corrected chi connectivity index (χ2v) is 5.12. The van der Waals surface area contributed by atoms with Crippen molar-refractivity contribution < 1.29 is 0 Å². The number of hydrazine groups is 1. The average molecular weight is 258 g/mol. The molecule has 0 atom stereocenters. The summed E-state index contributed by atoms with van der Waals surface area (Å²) in [5.74, 6) is 5.32. The largest absolute Gasteiger partial charge is 0.350 e. The standard InChI is InChI=1S/C13H14N4S/c1-17-7-10(9-4-2-3-5-12(9)17)11-8-18-13(16-11)6-15-14/h2-5,7-8,15H,6,14H2,1H3. The van der Waals surface area contributed by atoms with Gasteiger partial charge in [-0.15, -0.1) is 11.3 Å². The highest BCUT2D eigenvalue weighted by molar-refractivity contribution is 7.09. The van der Waals surface area contributed by atoms with Crippen molar-refractivity contribution in [3.63, 3.8) is 0 Å². The highest BCUT2D eigenvalue weighted by atomic mass is 32.1. The van der Waals surface area contributed by atoms with Crippen molar-refractivity contribution in [2.75, 3.05) is 0 Å². The van der Waals surface area contributed by atoms with Gasteiger partial charge in [-0.1, -0.05) is 18.2 Å². The van der Waals surface area contributed by atoms with E-state index in [9.17, 15) is 0 Å². The minimum Gasteiger partial charge on any atom is -0.350 e. The zero-order chi connectivity index (χ0) is 12.5. The van der Waals surface area contributed by atoms with Crippen molar-refractivity contribution in [2.45, 2.75) is 6.54 Å². The number of nitrogens with one attached hydrogen (secondary N) is 1. The molecule has 2 aromatic heterocycles. The minimum absolute atomic E-state index is 0.607. The van der Waals surface area contributed by atoms with Crippen molar-refractivity contribution in [2.24, 2.45) is 12.9 Å². The van der Waals surface area contributed by atoms with E-state index >= 15 is 0 Å². The predicted molar refractivity (Wildman–Crippen MR) is 75.1 cm³/mol. The van der Waals surface area contributed by atoms with Crippen LogP contribution in [-0.4, -0.2) is 9.55 Å². The topological polar surface area (TPSA) is 55.9 Å². The van der Waals surface area contributed by atoms with E-state index in [2.05, 4.69) is 57.9 Å². The van der Waals surface area contributed by atoms with Crippen LogP contribution in [0.1, 0.15) is 5.01 Å². The van der Waals surface area contributed by atoms with Crippen LogP contribution in [0.25, 0.3) is 22.2 Å². The Hall–Kier alpha value is -1.69. The summed E-state index contributed by atoms with van der Waals surface area (Å²) in [6.45, 7) is 0.607. The third kappa shape index (κ3) is 1.82. The molecular weight excluding hydrogens is 244 g/mol. The Morgan fingerprint density at radius 3 is 3.06 bits per heavy atom. The third-order valence-electron chi connectivity index (χ3n) is 2.98. The maximum Gasteiger partial charge on any atom is 0.108 e. The van der Waals surface area contributed by atoms with Crippen LogP contribution in [0, 0.1) is 0 Å². The Balaban J connectivity index is 2.13. The van der Waals surface area contributed by atoms with Crippen LogP contribution in [-0.2, 0) is 13.6 Å². The average Bonchev–Trinajstić information content (AvgIpc) is 2.96. The zero-order valence-electron chi connectivity index (χ0n) is 10.1. The van der Waals surface area contributed by atoms with Crippen molar-refractivity contribution in [3.05, 3.63) is 40.8 Å². The molecule has 3 N–H and O–H groups in total. The first kappa shape index (κ1) is 11.4. The summed E-state index contributed by atoms with van der Waals surface area (Å²) in [5, 5.41) is 4.31. The van der Waals surface area contributed by atoms with Gasteiger partial charge in [0.05, 0.1) is 12.2 Å². The van der Waals surface area contributed by atoms with Gasteiger partial charge in [0.25, 0.3) is 0 Å². The molecule has 0 aliphatic heterocycles. The molecule has 18 heavy (non-hydrogen) atoms. The monoisotopic (exact) mass is 258 g/mol. The number of nitrogens with zero attached hydrogens (tertiary/aromatic N) is 2. The summed E-state index contributed by atoms with van der Waals surface area (Å²) in [5.41, 5.74) is 6.04. The normalized spacial score (nSPS) is 11.2. The second kappa shape index (κ2) is 4.53. The van der Waals surface area contributed by atoms with Gasteiger partial charge in [-0.3, -0.25) is 11.3 Å². The van der Waals surface area contributed by atoms with Crippen LogP contribution < -0.4 is 11.3 Å². The van der Waals surface area contributed by atoms with E-state index < -0.39 is 0 Å². The number of hydrogen-bond acceptors (Lipinski definition) is 4. The molecule has 92 valence electrons. The van der Waals surface area contributed by atoms with Gasteiger partial charge in [0, 0.05) is 35.1 Å². The van der Waals surface area contributed by atoms with Crippen LogP contribution in [0.5, 0.6) is 0 Å². The van der Waals surface area contributed by atoms with Crippen LogP contribution in [0.2, 0.25) is 0 Å². The molecule has 3 aromatic rings. The van der Waals surface area contributed by atoms with Gasteiger partial charge in [-0.2, -0.15) is 0 Å². The Labute approximate surface area is 109 Å². The summed E-state index contributed by atoms with van der Waals surface area (Å²) >= 11 is 1.62. The first-order valence-corrected chi connectivity index (χ1v) is 6.60. The van der Waals surface area contributed by atoms with Gasteiger partial charge in [-0.05, 0) is 6.07 Å². The van der Waals surface area contributed by atoms with E-state index in [0.717, 1.165) is 10.7 Å². The summed E-state index contributed by atoms with van der Waals surface area (Å²) in [6.07, 6.45) is 2.12. The lowest BCUT2D eigenvalue weighted by molar-refractivity contribution is 0.737.